The molecule has 0 aromatic carbocycles. The molecule has 2 rings (SSSR count). The summed E-state index contributed by atoms with van der Waals surface area (Å²) in [5.41, 5.74) is 0.561. The molecule has 100 valence electrons. The molecule has 0 aromatic rings. The molecule has 2 nitrogen and oxygen atoms in total. The van der Waals surface area contributed by atoms with Gasteiger partial charge in [-0.3, -0.25) is 0 Å². The highest BCUT2D eigenvalue weighted by Gasteiger charge is 2.32. The second-order valence-corrected chi connectivity index (χ2v) is 6.98. The van der Waals surface area contributed by atoms with Gasteiger partial charge in [-0.15, -0.1) is 0 Å². The maximum atomic E-state index is 5.54. The molecular weight excluding hydrogens is 210 g/mol. The predicted molar refractivity (Wildman–Crippen MR) is 72.1 cm³/mol. The lowest BCUT2D eigenvalue weighted by Gasteiger charge is -2.40. The average molecular weight is 239 g/mol. The third-order valence-corrected chi connectivity index (χ3v) is 4.62. The van der Waals surface area contributed by atoms with Gasteiger partial charge < -0.3 is 10.1 Å². The SMILES string of the molecule is CC1CC(C)(C)CCC1NCC1CCCOC1. The highest BCUT2D eigenvalue weighted by atomic mass is 16.5. The first-order valence-electron chi connectivity index (χ1n) is 7.38. The molecule has 1 N–H and O–H groups in total. The van der Waals surface area contributed by atoms with Crippen LogP contribution in [0.3, 0.4) is 0 Å². The van der Waals surface area contributed by atoms with E-state index in [1.807, 2.05) is 0 Å². The molecule has 2 aliphatic rings. The third kappa shape index (κ3) is 3.96. The zero-order chi connectivity index (χ0) is 12.3. The van der Waals surface area contributed by atoms with Crippen molar-refractivity contribution in [1.29, 1.82) is 0 Å². The van der Waals surface area contributed by atoms with Crippen LogP contribution in [0.15, 0.2) is 0 Å². The summed E-state index contributed by atoms with van der Waals surface area (Å²) >= 11 is 0. The summed E-state index contributed by atoms with van der Waals surface area (Å²) in [6.07, 6.45) is 6.68. The van der Waals surface area contributed by atoms with Crippen molar-refractivity contribution < 1.29 is 4.74 Å². The minimum absolute atomic E-state index is 0.561. The van der Waals surface area contributed by atoms with Crippen LogP contribution in [0.2, 0.25) is 0 Å². The Morgan fingerprint density at radius 3 is 2.76 bits per heavy atom. The monoisotopic (exact) mass is 239 g/mol. The van der Waals surface area contributed by atoms with Gasteiger partial charge in [0.05, 0.1) is 6.61 Å². The summed E-state index contributed by atoms with van der Waals surface area (Å²) in [5.74, 6) is 1.58. The van der Waals surface area contributed by atoms with Gasteiger partial charge in [0.15, 0.2) is 0 Å². The molecule has 0 aromatic heterocycles. The van der Waals surface area contributed by atoms with E-state index in [4.69, 9.17) is 4.74 Å². The topological polar surface area (TPSA) is 21.3 Å². The highest BCUT2D eigenvalue weighted by molar-refractivity contribution is 4.87. The highest BCUT2D eigenvalue weighted by Crippen LogP contribution is 2.38. The van der Waals surface area contributed by atoms with Crippen LogP contribution in [0.4, 0.5) is 0 Å². The number of hydrogen-bond acceptors (Lipinski definition) is 2. The second kappa shape index (κ2) is 5.71. The van der Waals surface area contributed by atoms with E-state index < -0.39 is 0 Å². The molecule has 0 spiro atoms. The van der Waals surface area contributed by atoms with E-state index in [-0.39, 0.29) is 0 Å². The lowest BCUT2D eigenvalue weighted by molar-refractivity contribution is 0.0502. The van der Waals surface area contributed by atoms with Crippen LogP contribution >= 0.6 is 0 Å². The fourth-order valence-electron chi connectivity index (χ4n) is 3.54. The van der Waals surface area contributed by atoms with Crippen LogP contribution in [0.1, 0.15) is 52.9 Å². The first kappa shape index (κ1) is 13.4. The summed E-state index contributed by atoms with van der Waals surface area (Å²) in [6, 6.07) is 0.741. The molecule has 1 saturated carbocycles. The Bertz CT molecular complexity index is 233. The number of ether oxygens (including phenoxy) is 1. The molecule has 17 heavy (non-hydrogen) atoms. The van der Waals surface area contributed by atoms with Crippen LogP contribution < -0.4 is 5.32 Å². The van der Waals surface area contributed by atoms with E-state index in [1.54, 1.807) is 0 Å². The molecule has 0 amide bonds. The maximum absolute atomic E-state index is 5.54. The van der Waals surface area contributed by atoms with Crippen LogP contribution in [0.5, 0.6) is 0 Å². The minimum atomic E-state index is 0.561. The molecule has 0 bridgehead atoms. The summed E-state index contributed by atoms with van der Waals surface area (Å²) in [5, 5.41) is 3.80. The lowest BCUT2D eigenvalue weighted by Crippen LogP contribution is -2.44. The molecule has 3 unspecified atom stereocenters. The molecule has 2 fully saturated rings. The van der Waals surface area contributed by atoms with Crippen molar-refractivity contribution in [3.63, 3.8) is 0 Å². The van der Waals surface area contributed by atoms with Gasteiger partial charge in [0.1, 0.15) is 0 Å². The summed E-state index contributed by atoms with van der Waals surface area (Å²) in [7, 11) is 0. The van der Waals surface area contributed by atoms with Gasteiger partial charge in [-0.05, 0) is 49.4 Å². The molecular formula is C15H29NO. The van der Waals surface area contributed by atoms with Crippen molar-refractivity contribution in [2.45, 2.75) is 58.9 Å². The van der Waals surface area contributed by atoms with Crippen molar-refractivity contribution in [3.8, 4) is 0 Å². The summed E-state index contributed by atoms with van der Waals surface area (Å²) < 4.78 is 5.54. The van der Waals surface area contributed by atoms with E-state index in [1.165, 1.54) is 32.1 Å². The Labute approximate surface area is 107 Å². The Kier molecular flexibility index (Phi) is 4.48. The van der Waals surface area contributed by atoms with Gasteiger partial charge in [0.25, 0.3) is 0 Å². The molecule has 1 heterocycles. The Morgan fingerprint density at radius 2 is 2.12 bits per heavy atom. The summed E-state index contributed by atoms with van der Waals surface area (Å²) in [6.45, 7) is 10.3. The van der Waals surface area contributed by atoms with Crippen molar-refractivity contribution in [2.24, 2.45) is 17.3 Å². The van der Waals surface area contributed by atoms with Crippen LogP contribution in [0, 0.1) is 17.3 Å². The second-order valence-electron chi connectivity index (χ2n) is 6.98. The number of hydrogen-bond donors (Lipinski definition) is 1. The molecule has 0 radical (unpaired) electrons. The summed E-state index contributed by atoms with van der Waals surface area (Å²) in [4.78, 5) is 0. The molecule has 1 aliphatic carbocycles. The van der Waals surface area contributed by atoms with E-state index >= 15 is 0 Å². The Balaban J connectivity index is 1.72. The first-order valence-corrected chi connectivity index (χ1v) is 7.38. The normalized spacial score (nSPS) is 37.9. The van der Waals surface area contributed by atoms with E-state index in [0.717, 1.165) is 37.6 Å². The fourth-order valence-corrected chi connectivity index (χ4v) is 3.54. The third-order valence-electron chi connectivity index (χ3n) is 4.62. The van der Waals surface area contributed by atoms with Crippen LogP contribution in [-0.4, -0.2) is 25.8 Å². The van der Waals surface area contributed by atoms with E-state index in [2.05, 4.69) is 26.1 Å². The standard InChI is InChI=1S/C15H29NO/c1-12-9-15(2,3)7-6-14(12)16-10-13-5-4-8-17-11-13/h12-14,16H,4-11H2,1-3H3. The zero-order valence-electron chi connectivity index (χ0n) is 11.8. The minimum Gasteiger partial charge on any atom is -0.381 e. The van der Waals surface area contributed by atoms with Crippen molar-refractivity contribution in [2.75, 3.05) is 19.8 Å². The molecule has 1 aliphatic heterocycles. The van der Waals surface area contributed by atoms with Crippen LogP contribution in [-0.2, 0) is 4.74 Å². The Hall–Kier alpha value is -0.0800. The van der Waals surface area contributed by atoms with Gasteiger partial charge in [-0.25, -0.2) is 0 Å². The van der Waals surface area contributed by atoms with Crippen molar-refractivity contribution >= 4 is 0 Å². The lowest BCUT2D eigenvalue weighted by atomic mass is 9.70. The number of rotatable bonds is 3. The van der Waals surface area contributed by atoms with Crippen LogP contribution in [0.25, 0.3) is 0 Å². The molecule has 3 atom stereocenters. The molecule has 2 heteroatoms. The van der Waals surface area contributed by atoms with Crippen molar-refractivity contribution in [3.05, 3.63) is 0 Å². The largest absolute Gasteiger partial charge is 0.381 e. The van der Waals surface area contributed by atoms with Gasteiger partial charge in [0, 0.05) is 19.2 Å². The van der Waals surface area contributed by atoms with E-state index in [9.17, 15) is 0 Å². The van der Waals surface area contributed by atoms with Gasteiger partial charge in [0.2, 0.25) is 0 Å². The first-order chi connectivity index (χ1) is 8.07. The van der Waals surface area contributed by atoms with Gasteiger partial charge in [-0.1, -0.05) is 20.8 Å². The maximum Gasteiger partial charge on any atom is 0.0506 e. The Morgan fingerprint density at radius 1 is 1.29 bits per heavy atom. The molecule has 1 saturated heterocycles. The smallest absolute Gasteiger partial charge is 0.0506 e. The fraction of sp³-hybridized carbons (Fsp3) is 1.00. The average Bonchev–Trinajstić information content (AvgIpc) is 2.28. The quantitative estimate of drug-likeness (QED) is 0.816. The zero-order valence-corrected chi connectivity index (χ0v) is 11.8. The van der Waals surface area contributed by atoms with Gasteiger partial charge >= 0.3 is 0 Å². The van der Waals surface area contributed by atoms with Gasteiger partial charge in [-0.2, -0.15) is 0 Å². The van der Waals surface area contributed by atoms with E-state index in [0.29, 0.717) is 5.41 Å². The predicted octanol–water partition coefficient (Wildman–Crippen LogP) is 3.22. The number of nitrogens with one attached hydrogen (secondary N) is 1. The van der Waals surface area contributed by atoms with Crippen molar-refractivity contribution in [1.82, 2.24) is 5.32 Å².